The Morgan fingerprint density at radius 3 is 2.68 bits per heavy atom. The monoisotopic (exact) mass is 353 g/mol. The lowest BCUT2D eigenvalue weighted by Crippen LogP contribution is -2.22. The number of carbonyl (C=O) groups excluding carboxylic acids is 1. The number of nitrogens with one attached hydrogen (secondary N) is 2. The lowest BCUT2D eigenvalue weighted by molar-refractivity contribution is -0.0497. The highest BCUT2D eigenvalue weighted by Crippen LogP contribution is 2.24. The molecule has 0 saturated heterocycles. The van der Waals surface area contributed by atoms with E-state index in [1.165, 1.54) is 37.6 Å². The van der Waals surface area contributed by atoms with E-state index in [4.69, 9.17) is 4.74 Å². The van der Waals surface area contributed by atoms with Crippen LogP contribution in [0, 0.1) is 0 Å². The molecule has 1 aromatic heterocycles. The fraction of sp³-hybridized carbons (Fsp3) is 0.267. The highest BCUT2D eigenvalue weighted by molar-refractivity contribution is 6.01. The Kier molecular flexibility index (Phi) is 5.88. The average Bonchev–Trinajstić information content (AvgIpc) is 2.54. The van der Waals surface area contributed by atoms with Gasteiger partial charge in [-0.1, -0.05) is 6.07 Å². The zero-order chi connectivity index (χ0) is 18.4. The number of rotatable bonds is 6. The van der Waals surface area contributed by atoms with Crippen molar-refractivity contribution in [3.63, 3.8) is 0 Å². The fourth-order valence-electron chi connectivity index (χ4n) is 1.92. The largest absolute Gasteiger partial charge is 0.467 e. The minimum atomic E-state index is -2.94. The van der Waals surface area contributed by atoms with Crippen LogP contribution in [0.15, 0.2) is 30.5 Å². The van der Waals surface area contributed by atoms with Gasteiger partial charge in [0, 0.05) is 25.8 Å². The van der Waals surface area contributed by atoms with E-state index in [1.54, 1.807) is 19.0 Å². The number of aromatic nitrogens is 2. The SMILES string of the molecule is COc1ncc(NC(=O)Nc2cccc(OC(F)F)c2)c(N(C)C)n1. The number of halogens is 2. The molecular weight excluding hydrogens is 336 g/mol. The number of anilines is 3. The van der Waals surface area contributed by atoms with Crippen molar-refractivity contribution in [2.45, 2.75) is 6.61 Å². The molecule has 0 aliphatic rings. The van der Waals surface area contributed by atoms with Crippen LogP contribution in [-0.2, 0) is 0 Å². The summed E-state index contributed by atoms with van der Waals surface area (Å²) in [6, 6.07) is 5.22. The normalized spacial score (nSPS) is 10.3. The van der Waals surface area contributed by atoms with E-state index in [9.17, 15) is 13.6 Å². The Morgan fingerprint density at radius 1 is 1.28 bits per heavy atom. The Bertz CT molecular complexity index is 743. The molecule has 0 radical (unpaired) electrons. The smallest absolute Gasteiger partial charge is 0.387 e. The van der Waals surface area contributed by atoms with Gasteiger partial charge in [-0.15, -0.1) is 0 Å². The van der Waals surface area contributed by atoms with E-state index < -0.39 is 12.6 Å². The number of ether oxygens (including phenoxy) is 2. The van der Waals surface area contributed by atoms with E-state index in [0.29, 0.717) is 11.5 Å². The first-order valence-corrected chi connectivity index (χ1v) is 7.10. The number of amides is 2. The zero-order valence-corrected chi connectivity index (χ0v) is 13.8. The summed E-state index contributed by atoms with van der Waals surface area (Å²) in [6.07, 6.45) is 1.40. The molecule has 0 aliphatic heterocycles. The summed E-state index contributed by atoms with van der Waals surface area (Å²) >= 11 is 0. The maximum atomic E-state index is 12.2. The summed E-state index contributed by atoms with van der Waals surface area (Å²) in [7, 11) is 4.93. The average molecular weight is 353 g/mol. The van der Waals surface area contributed by atoms with Crippen molar-refractivity contribution in [3.8, 4) is 11.8 Å². The maximum Gasteiger partial charge on any atom is 0.387 e. The molecule has 0 spiro atoms. The minimum absolute atomic E-state index is 0.0606. The van der Waals surface area contributed by atoms with Crippen molar-refractivity contribution in [2.24, 2.45) is 0 Å². The molecule has 1 aromatic carbocycles. The van der Waals surface area contributed by atoms with Crippen LogP contribution in [0.1, 0.15) is 0 Å². The van der Waals surface area contributed by atoms with Crippen LogP contribution < -0.4 is 25.0 Å². The Balaban J connectivity index is 2.10. The predicted molar refractivity (Wildman–Crippen MR) is 88.6 cm³/mol. The lowest BCUT2D eigenvalue weighted by Gasteiger charge is -2.17. The number of methoxy groups -OCH3 is 1. The van der Waals surface area contributed by atoms with E-state index in [0.717, 1.165) is 0 Å². The lowest BCUT2D eigenvalue weighted by atomic mass is 10.3. The molecule has 2 amide bonds. The van der Waals surface area contributed by atoms with Crippen LogP contribution >= 0.6 is 0 Å². The Labute approximate surface area is 142 Å². The van der Waals surface area contributed by atoms with Crippen molar-refractivity contribution in [3.05, 3.63) is 30.5 Å². The molecule has 8 nitrogen and oxygen atoms in total. The van der Waals surface area contributed by atoms with Gasteiger partial charge >= 0.3 is 18.7 Å². The molecule has 0 saturated carbocycles. The summed E-state index contributed by atoms with van der Waals surface area (Å²) in [6.45, 7) is -2.94. The second-order valence-corrected chi connectivity index (χ2v) is 4.97. The van der Waals surface area contributed by atoms with Crippen LogP contribution in [-0.4, -0.2) is 43.8 Å². The minimum Gasteiger partial charge on any atom is -0.467 e. The van der Waals surface area contributed by atoms with Crippen molar-refractivity contribution in [1.82, 2.24) is 9.97 Å². The first-order chi connectivity index (χ1) is 11.9. The highest BCUT2D eigenvalue weighted by Gasteiger charge is 2.13. The summed E-state index contributed by atoms with van der Waals surface area (Å²) in [4.78, 5) is 21.9. The van der Waals surface area contributed by atoms with Crippen LogP contribution in [0.4, 0.5) is 30.8 Å². The number of hydrogen-bond donors (Lipinski definition) is 2. The van der Waals surface area contributed by atoms with Crippen LogP contribution in [0.5, 0.6) is 11.8 Å². The zero-order valence-electron chi connectivity index (χ0n) is 13.8. The maximum absolute atomic E-state index is 12.2. The summed E-state index contributed by atoms with van der Waals surface area (Å²) < 4.78 is 33.7. The summed E-state index contributed by atoms with van der Waals surface area (Å²) in [5.41, 5.74) is 0.639. The van der Waals surface area contributed by atoms with Crippen molar-refractivity contribution < 1.29 is 23.0 Å². The van der Waals surface area contributed by atoms with Crippen molar-refractivity contribution in [2.75, 3.05) is 36.7 Å². The number of nitrogens with zero attached hydrogens (tertiary/aromatic N) is 3. The van der Waals surface area contributed by atoms with Gasteiger partial charge in [0.15, 0.2) is 5.82 Å². The van der Waals surface area contributed by atoms with Gasteiger partial charge < -0.3 is 25.0 Å². The number of hydrogen-bond acceptors (Lipinski definition) is 6. The number of alkyl halides is 2. The van der Waals surface area contributed by atoms with Gasteiger partial charge in [-0.05, 0) is 12.1 Å². The third kappa shape index (κ3) is 5.16. The van der Waals surface area contributed by atoms with Gasteiger partial charge in [0.2, 0.25) is 0 Å². The van der Waals surface area contributed by atoms with E-state index in [1.807, 2.05) is 0 Å². The van der Waals surface area contributed by atoms with Gasteiger partial charge in [0.1, 0.15) is 11.4 Å². The van der Waals surface area contributed by atoms with Crippen LogP contribution in [0.25, 0.3) is 0 Å². The summed E-state index contributed by atoms with van der Waals surface area (Å²) in [5, 5.41) is 5.11. The predicted octanol–water partition coefficient (Wildman–Crippen LogP) is 2.80. The first kappa shape index (κ1) is 18.2. The molecule has 2 aromatic rings. The van der Waals surface area contributed by atoms with Gasteiger partial charge in [-0.3, -0.25) is 0 Å². The molecule has 10 heteroatoms. The van der Waals surface area contributed by atoms with Gasteiger partial charge in [0.25, 0.3) is 0 Å². The van der Waals surface area contributed by atoms with Gasteiger partial charge in [0.05, 0.1) is 13.3 Å². The van der Waals surface area contributed by atoms with E-state index in [-0.39, 0.29) is 17.4 Å². The second-order valence-electron chi connectivity index (χ2n) is 4.97. The molecule has 0 fully saturated rings. The molecule has 134 valence electrons. The summed E-state index contributed by atoms with van der Waals surface area (Å²) in [5.74, 6) is 0.381. The van der Waals surface area contributed by atoms with Crippen molar-refractivity contribution in [1.29, 1.82) is 0 Å². The van der Waals surface area contributed by atoms with E-state index >= 15 is 0 Å². The molecule has 2 N–H and O–H groups in total. The topological polar surface area (TPSA) is 88.6 Å². The molecule has 0 bridgehead atoms. The molecule has 0 atom stereocenters. The second kappa shape index (κ2) is 8.08. The quantitative estimate of drug-likeness (QED) is 0.830. The van der Waals surface area contributed by atoms with Crippen LogP contribution in [0.3, 0.4) is 0 Å². The van der Waals surface area contributed by atoms with Gasteiger partial charge in [-0.25, -0.2) is 9.78 Å². The van der Waals surface area contributed by atoms with E-state index in [2.05, 4.69) is 25.3 Å². The third-order valence-corrected chi connectivity index (χ3v) is 2.92. The van der Waals surface area contributed by atoms with Crippen molar-refractivity contribution >= 4 is 23.2 Å². The molecule has 0 aliphatic carbocycles. The van der Waals surface area contributed by atoms with Crippen LogP contribution in [0.2, 0.25) is 0 Å². The van der Waals surface area contributed by atoms with Gasteiger partial charge in [-0.2, -0.15) is 13.8 Å². The standard InChI is InChI=1S/C15H17F2N5O3/c1-22(2)12-11(8-18-15(21-12)24-3)20-14(23)19-9-5-4-6-10(7-9)25-13(16)17/h4-8,13H,1-3H3,(H2,19,20,23). The number of benzene rings is 1. The Hall–Kier alpha value is -3.17. The number of urea groups is 1. The molecule has 25 heavy (non-hydrogen) atoms. The Morgan fingerprint density at radius 2 is 2.04 bits per heavy atom. The molecular formula is C15H17F2N5O3. The molecule has 1 heterocycles. The molecule has 2 rings (SSSR count). The number of carbonyl (C=O) groups is 1. The first-order valence-electron chi connectivity index (χ1n) is 7.10. The molecule has 0 unspecified atom stereocenters. The fourth-order valence-corrected chi connectivity index (χ4v) is 1.92. The highest BCUT2D eigenvalue weighted by atomic mass is 19.3. The third-order valence-electron chi connectivity index (χ3n) is 2.92.